The van der Waals surface area contributed by atoms with E-state index in [1.165, 1.54) is 12.3 Å². The van der Waals surface area contributed by atoms with E-state index in [1.807, 2.05) is 0 Å². The molecule has 0 saturated carbocycles. The Morgan fingerprint density at radius 2 is 1.88 bits per heavy atom. The third-order valence-corrected chi connectivity index (χ3v) is 5.22. The smallest absolute Gasteiger partial charge is 0.478 e. The normalized spacial score (nSPS) is 13.0. The van der Waals surface area contributed by atoms with E-state index in [0.29, 0.717) is 27.9 Å². The van der Waals surface area contributed by atoms with E-state index in [1.54, 1.807) is 45.0 Å². The molecule has 33 heavy (non-hydrogen) atoms. The van der Waals surface area contributed by atoms with Crippen molar-refractivity contribution in [1.29, 1.82) is 0 Å². The van der Waals surface area contributed by atoms with Crippen molar-refractivity contribution in [3.63, 3.8) is 0 Å². The van der Waals surface area contributed by atoms with Crippen molar-refractivity contribution in [3.05, 3.63) is 87.5 Å². The van der Waals surface area contributed by atoms with Gasteiger partial charge in [0, 0.05) is 29.0 Å². The van der Waals surface area contributed by atoms with Crippen molar-refractivity contribution in [2.24, 2.45) is 0 Å². The number of nitrogens with one attached hydrogen (secondary N) is 1. The fourth-order valence-corrected chi connectivity index (χ4v) is 3.25. The highest BCUT2D eigenvalue weighted by atomic mass is 35.5. The highest BCUT2D eigenvalue weighted by molar-refractivity contribution is 6.30. The molecule has 0 aliphatic heterocycles. The number of hydrogen-bond donors (Lipinski definition) is 2. The average molecular weight is 480 g/mol. The number of carbonyl (C=O) groups excluding carboxylic acids is 1. The van der Waals surface area contributed by atoms with Crippen molar-refractivity contribution in [2.45, 2.75) is 38.6 Å². The number of alkyl halides is 3. The van der Waals surface area contributed by atoms with Crippen LogP contribution in [-0.4, -0.2) is 16.0 Å². The average Bonchev–Trinajstić information content (AvgIpc) is 2.72. The Labute approximate surface area is 193 Å². The van der Waals surface area contributed by atoms with Gasteiger partial charge in [0.05, 0.1) is 22.4 Å². The molecule has 174 valence electrons. The topological polar surface area (TPSA) is 89.2 Å². The first-order chi connectivity index (χ1) is 15.3. The molecule has 2 N–H and O–H groups in total. The maximum Gasteiger partial charge on any atom is 0.478 e. The summed E-state index contributed by atoms with van der Waals surface area (Å²) in [4.78, 5) is 17.2. The van der Waals surface area contributed by atoms with E-state index in [0.717, 1.165) is 12.3 Å². The van der Waals surface area contributed by atoms with Crippen LogP contribution in [0.2, 0.25) is 5.02 Å². The summed E-state index contributed by atoms with van der Waals surface area (Å²) in [6.45, 7) is 4.68. The molecule has 1 atom stereocenters. The summed E-state index contributed by atoms with van der Waals surface area (Å²) in [6.07, 6.45) is -2.54. The Kier molecular flexibility index (Phi) is 6.67. The lowest BCUT2D eigenvalue weighted by molar-refractivity contribution is -0.629. The van der Waals surface area contributed by atoms with Crippen molar-refractivity contribution < 1.29 is 27.8 Å². The van der Waals surface area contributed by atoms with Gasteiger partial charge in [-0.2, -0.15) is 17.9 Å². The van der Waals surface area contributed by atoms with Gasteiger partial charge in [-0.1, -0.05) is 11.6 Å². The van der Waals surface area contributed by atoms with E-state index >= 15 is 0 Å². The van der Waals surface area contributed by atoms with Crippen LogP contribution >= 0.6 is 11.6 Å². The molecule has 0 radical (unpaired) electrons. The molecule has 10 heteroatoms. The maximum atomic E-state index is 13.0. The van der Waals surface area contributed by atoms with Crippen LogP contribution in [-0.2, 0) is 11.8 Å². The minimum atomic E-state index is -4.78. The Morgan fingerprint density at radius 3 is 2.42 bits per heavy atom. The number of rotatable bonds is 5. The number of aromatic nitrogens is 2. The second-order valence-corrected chi connectivity index (χ2v) is 8.52. The summed E-state index contributed by atoms with van der Waals surface area (Å²) in [5.74, 6) is -0.541. The summed E-state index contributed by atoms with van der Waals surface area (Å²) >= 11 is 5.89. The fourth-order valence-electron chi connectivity index (χ4n) is 3.14. The molecule has 0 unspecified atom stereocenters. The van der Waals surface area contributed by atoms with Crippen molar-refractivity contribution in [2.75, 3.05) is 0 Å². The molecule has 0 spiro atoms. The first-order valence-electron chi connectivity index (χ1n) is 9.87. The molecule has 0 aliphatic carbocycles. The van der Waals surface area contributed by atoms with Crippen molar-refractivity contribution in [1.82, 2.24) is 10.3 Å². The largest absolute Gasteiger partial charge is 0.618 e. The monoisotopic (exact) mass is 479 g/mol. The summed E-state index contributed by atoms with van der Waals surface area (Å²) in [6, 6.07) is 9.16. The predicted octanol–water partition coefficient (Wildman–Crippen LogP) is 4.77. The van der Waals surface area contributed by atoms with Crippen LogP contribution in [0.25, 0.3) is 11.3 Å². The van der Waals surface area contributed by atoms with Gasteiger partial charge < -0.3 is 15.6 Å². The number of benzene rings is 1. The van der Waals surface area contributed by atoms with E-state index in [9.17, 15) is 28.3 Å². The molecule has 1 amide bonds. The van der Waals surface area contributed by atoms with Crippen LogP contribution in [0.3, 0.4) is 0 Å². The lowest BCUT2D eigenvalue weighted by atomic mass is 9.92. The van der Waals surface area contributed by atoms with E-state index in [-0.39, 0.29) is 15.9 Å². The van der Waals surface area contributed by atoms with Crippen LogP contribution in [0.1, 0.15) is 54.0 Å². The van der Waals surface area contributed by atoms with Gasteiger partial charge in [0.25, 0.3) is 11.6 Å². The fraction of sp³-hybridized carbons (Fsp3) is 0.261. The predicted molar refractivity (Wildman–Crippen MR) is 116 cm³/mol. The van der Waals surface area contributed by atoms with Crippen LogP contribution < -0.4 is 10.0 Å². The van der Waals surface area contributed by atoms with Gasteiger partial charge in [-0.05, 0) is 62.7 Å². The lowest BCUT2D eigenvalue weighted by Gasteiger charge is -2.21. The van der Waals surface area contributed by atoms with Gasteiger partial charge in [-0.25, -0.2) is 0 Å². The van der Waals surface area contributed by atoms with Crippen molar-refractivity contribution >= 4 is 17.5 Å². The number of nitrogens with zero attached hydrogens (tertiary/aromatic N) is 2. The zero-order valence-electron chi connectivity index (χ0n) is 17.9. The van der Waals surface area contributed by atoms with E-state index in [4.69, 9.17) is 11.6 Å². The summed E-state index contributed by atoms with van der Waals surface area (Å²) in [5.41, 5.74) is -0.646. The quantitative estimate of drug-likeness (QED) is 0.407. The highest BCUT2D eigenvalue weighted by Crippen LogP contribution is 2.29. The molecule has 2 heterocycles. The molecular weight excluding hydrogens is 459 g/mol. The molecule has 0 bridgehead atoms. The van der Waals surface area contributed by atoms with Gasteiger partial charge in [0.2, 0.25) is 0 Å². The third kappa shape index (κ3) is 5.80. The highest BCUT2D eigenvalue weighted by Gasteiger charge is 2.39. The second kappa shape index (κ2) is 8.99. The summed E-state index contributed by atoms with van der Waals surface area (Å²) < 4.78 is 38.2. The van der Waals surface area contributed by atoms with Crippen LogP contribution in [0.4, 0.5) is 13.2 Å². The summed E-state index contributed by atoms with van der Waals surface area (Å²) in [5, 5.41) is 25.4. The van der Waals surface area contributed by atoms with Crippen LogP contribution in [0, 0.1) is 5.21 Å². The molecule has 0 saturated heterocycles. The van der Waals surface area contributed by atoms with E-state index < -0.39 is 29.4 Å². The van der Waals surface area contributed by atoms with Crippen LogP contribution in [0.5, 0.6) is 0 Å². The molecule has 3 rings (SSSR count). The SMILES string of the molecule is C[C@@H](NC(=O)c1cc(-c2ccc(Cl)cn2)cc(C(C)(C)O)c1)c1ccc(C(F)(F)F)[n+]([O-])c1. The zero-order chi connectivity index (χ0) is 24.6. The number of halogens is 4. The van der Waals surface area contributed by atoms with E-state index in [2.05, 4.69) is 10.3 Å². The van der Waals surface area contributed by atoms with Gasteiger partial charge in [-0.3, -0.25) is 9.78 Å². The van der Waals surface area contributed by atoms with Crippen LogP contribution in [0.15, 0.2) is 54.9 Å². The minimum absolute atomic E-state index is 0.199. The molecule has 2 aromatic heterocycles. The Balaban J connectivity index is 1.92. The lowest BCUT2D eigenvalue weighted by Crippen LogP contribution is -2.38. The van der Waals surface area contributed by atoms with Gasteiger partial charge >= 0.3 is 6.18 Å². The number of aliphatic hydroxyl groups is 1. The molecule has 1 aromatic carbocycles. The Hall–Kier alpha value is -3.17. The first kappa shape index (κ1) is 24.5. The number of amides is 1. The second-order valence-electron chi connectivity index (χ2n) is 8.09. The molecule has 3 aromatic rings. The third-order valence-electron chi connectivity index (χ3n) is 5.00. The molecule has 0 fully saturated rings. The van der Waals surface area contributed by atoms with Gasteiger partial charge in [0.1, 0.15) is 0 Å². The molecule has 0 aliphatic rings. The van der Waals surface area contributed by atoms with Gasteiger partial charge in [0.15, 0.2) is 6.20 Å². The van der Waals surface area contributed by atoms with Crippen molar-refractivity contribution in [3.8, 4) is 11.3 Å². The Morgan fingerprint density at radius 1 is 1.18 bits per heavy atom. The Bertz CT molecular complexity index is 1180. The maximum absolute atomic E-state index is 13.0. The summed E-state index contributed by atoms with van der Waals surface area (Å²) in [7, 11) is 0. The number of pyridine rings is 2. The molecular formula is C23H21ClF3N3O3. The van der Waals surface area contributed by atoms with Gasteiger partial charge in [-0.15, -0.1) is 0 Å². The minimum Gasteiger partial charge on any atom is -0.618 e. The number of hydrogen-bond acceptors (Lipinski definition) is 4. The zero-order valence-corrected chi connectivity index (χ0v) is 18.7. The first-order valence-corrected chi connectivity index (χ1v) is 10.2. The molecule has 6 nitrogen and oxygen atoms in total. The number of carbonyl (C=O) groups is 1. The standard InChI is InChI=1S/C23H21ClF3N3O3/c1-13(14-4-7-20(23(25,26)27)30(33)12-14)29-21(31)16-8-15(9-17(10-16)22(2,3)32)19-6-5-18(24)11-28-19/h4-13,32H,1-3H3,(H,29,31)/t13-/m1/s1.